The van der Waals surface area contributed by atoms with E-state index in [0.29, 0.717) is 0 Å². The summed E-state index contributed by atoms with van der Waals surface area (Å²) in [5.41, 5.74) is -4.66. The summed E-state index contributed by atoms with van der Waals surface area (Å²) in [7, 11) is 0.736. The number of hydrogen-bond acceptors (Lipinski definition) is 5. The van der Waals surface area contributed by atoms with Gasteiger partial charge in [0.2, 0.25) is 0 Å². The molecule has 0 spiro atoms. The Morgan fingerprint density at radius 1 is 1.10 bits per heavy atom. The highest BCUT2D eigenvalue weighted by Gasteiger charge is 2.64. The van der Waals surface area contributed by atoms with Crippen molar-refractivity contribution in [2.45, 2.75) is 56.8 Å². The first-order chi connectivity index (χ1) is 13.8. The van der Waals surface area contributed by atoms with E-state index >= 15 is 0 Å². The van der Waals surface area contributed by atoms with Crippen LogP contribution in [-0.4, -0.2) is 61.2 Å². The van der Waals surface area contributed by atoms with Crippen molar-refractivity contribution in [3.63, 3.8) is 0 Å². The lowest BCUT2D eigenvalue weighted by molar-refractivity contribution is -0.279. The number of alkyl halides is 4. The zero-order chi connectivity index (χ0) is 22.7. The third kappa shape index (κ3) is 5.03. The molecule has 0 aromatic heterocycles. The Hall–Kier alpha value is -2.36. The number of carbonyl (C=O) groups is 2. The molecular weight excluding hydrogens is 410 g/mol. The summed E-state index contributed by atoms with van der Waals surface area (Å²) in [5.74, 6) is -1.76. The maximum absolute atomic E-state index is 14.6. The largest absolute Gasteiger partial charge is 0.456 e. The lowest BCUT2D eigenvalue weighted by atomic mass is 9.92. The van der Waals surface area contributed by atoms with Crippen LogP contribution < -0.4 is 0 Å². The summed E-state index contributed by atoms with van der Waals surface area (Å²) in [6.07, 6.45) is -9.42. The number of hydrogen-bond donors (Lipinski definition) is 0. The zero-order valence-corrected chi connectivity index (χ0v) is 17.2. The summed E-state index contributed by atoms with van der Waals surface area (Å²) in [4.78, 5) is 25.8. The molecule has 1 amide bonds. The molecule has 30 heavy (non-hydrogen) atoms. The SMILES string of the molecule is CO[C@@](C(=O)O[C@H]1CCN(C(=O)OC(C)(C)C)C[C@@H]1F)(c1ccccc1)C(F)(F)F. The van der Waals surface area contributed by atoms with Crippen molar-refractivity contribution in [2.75, 3.05) is 20.2 Å². The number of likely N-dealkylation sites (tertiary alicyclic amines) is 1. The van der Waals surface area contributed by atoms with Gasteiger partial charge in [0.25, 0.3) is 5.60 Å². The van der Waals surface area contributed by atoms with E-state index in [-0.39, 0.29) is 13.0 Å². The monoisotopic (exact) mass is 435 g/mol. The molecule has 1 aliphatic rings. The summed E-state index contributed by atoms with van der Waals surface area (Å²) in [6, 6.07) is 6.28. The number of amides is 1. The molecule has 3 atom stereocenters. The number of esters is 1. The molecule has 0 saturated carbocycles. The molecule has 1 aliphatic heterocycles. The average molecular weight is 435 g/mol. The topological polar surface area (TPSA) is 65.1 Å². The van der Waals surface area contributed by atoms with Crippen LogP contribution in [0, 0.1) is 0 Å². The van der Waals surface area contributed by atoms with Crippen LogP contribution in [0.15, 0.2) is 30.3 Å². The van der Waals surface area contributed by atoms with Gasteiger partial charge in [-0.3, -0.25) is 0 Å². The molecule has 168 valence electrons. The third-order valence-corrected chi connectivity index (χ3v) is 4.57. The Labute approximate surface area is 172 Å². The first-order valence-electron chi connectivity index (χ1n) is 9.32. The van der Waals surface area contributed by atoms with Crippen molar-refractivity contribution >= 4 is 12.1 Å². The molecule has 0 aliphatic carbocycles. The van der Waals surface area contributed by atoms with Gasteiger partial charge in [-0.1, -0.05) is 30.3 Å². The maximum atomic E-state index is 14.6. The minimum absolute atomic E-state index is 0.0371. The lowest BCUT2D eigenvalue weighted by Crippen LogP contribution is -2.55. The van der Waals surface area contributed by atoms with Gasteiger partial charge in [0.05, 0.1) is 6.54 Å². The Morgan fingerprint density at radius 3 is 2.17 bits per heavy atom. The van der Waals surface area contributed by atoms with Crippen LogP contribution in [0.3, 0.4) is 0 Å². The molecule has 1 saturated heterocycles. The van der Waals surface area contributed by atoms with Crippen LogP contribution in [0.4, 0.5) is 22.4 Å². The Morgan fingerprint density at radius 2 is 1.70 bits per heavy atom. The summed E-state index contributed by atoms with van der Waals surface area (Å²) >= 11 is 0. The number of rotatable bonds is 4. The summed E-state index contributed by atoms with van der Waals surface area (Å²) < 4.78 is 71.0. The van der Waals surface area contributed by atoms with E-state index in [1.165, 1.54) is 18.2 Å². The Bertz CT molecular complexity index is 750. The number of ether oxygens (including phenoxy) is 3. The predicted molar refractivity (Wildman–Crippen MR) is 98.4 cm³/mol. The van der Waals surface area contributed by atoms with Crippen LogP contribution in [0.1, 0.15) is 32.8 Å². The molecule has 1 fully saturated rings. The van der Waals surface area contributed by atoms with Crippen LogP contribution >= 0.6 is 0 Å². The second-order valence-electron chi connectivity index (χ2n) is 7.92. The molecule has 1 aromatic rings. The highest BCUT2D eigenvalue weighted by atomic mass is 19.4. The van der Waals surface area contributed by atoms with Gasteiger partial charge in [-0.15, -0.1) is 0 Å². The van der Waals surface area contributed by atoms with Gasteiger partial charge in [0.1, 0.15) is 11.7 Å². The number of halogens is 4. The normalized spacial score (nSPS) is 22.2. The molecule has 6 nitrogen and oxygen atoms in total. The number of nitrogens with zero attached hydrogens (tertiary/aromatic N) is 1. The quantitative estimate of drug-likeness (QED) is 0.529. The van der Waals surface area contributed by atoms with E-state index in [0.717, 1.165) is 24.1 Å². The van der Waals surface area contributed by atoms with Crippen molar-refractivity contribution in [1.82, 2.24) is 4.90 Å². The molecule has 1 aromatic carbocycles. The van der Waals surface area contributed by atoms with Crippen LogP contribution in [0.25, 0.3) is 0 Å². The second-order valence-corrected chi connectivity index (χ2v) is 7.92. The van der Waals surface area contributed by atoms with Crippen molar-refractivity contribution in [1.29, 1.82) is 0 Å². The lowest BCUT2D eigenvalue weighted by Gasteiger charge is -2.38. The highest BCUT2D eigenvalue weighted by molar-refractivity contribution is 5.83. The van der Waals surface area contributed by atoms with E-state index in [1.807, 2.05) is 0 Å². The minimum Gasteiger partial charge on any atom is -0.456 e. The van der Waals surface area contributed by atoms with Crippen LogP contribution in [0.2, 0.25) is 0 Å². The maximum Gasteiger partial charge on any atom is 0.432 e. The summed E-state index contributed by atoms with van der Waals surface area (Å²) in [5, 5.41) is 0. The van der Waals surface area contributed by atoms with E-state index in [9.17, 15) is 27.2 Å². The van der Waals surface area contributed by atoms with Gasteiger partial charge >= 0.3 is 18.2 Å². The average Bonchev–Trinajstić information content (AvgIpc) is 2.62. The number of carbonyl (C=O) groups excluding carboxylic acids is 2. The van der Waals surface area contributed by atoms with Gasteiger partial charge in [0, 0.05) is 25.6 Å². The fourth-order valence-electron chi connectivity index (χ4n) is 3.12. The smallest absolute Gasteiger partial charge is 0.432 e. The molecule has 1 heterocycles. The zero-order valence-electron chi connectivity index (χ0n) is 17.2. The van der Waals surface area contributed by atoms with Crippen molar-refractivity contribution < 1.29 is 41.4 Å². The fraction of sp³-hybridized carbons (Fsp3) is 0.600. The van der Waals surface area contributed by atoms with Gasteiger partial charge < -0.3 is 19.1 Å². The third-order valence-electron chi connectivity index (χ3n) is 4.57. The number of benzene rings is 1. The van der Waals surface area contributed by atoms with Crippen LogP contribution in [-0.2, 0) is 24.6 Å². The molecule has 2 rings (SSSR count). The first-order valence-corrected chi connectivity index (χ1v) is 9.32. The molecule has 10 heteroatoms. The van der Waals surface area contributed by atoms with Crippen molar-refractivity contribution in [2.24, 2.45) is 0 Å². The summed E-state index contributed by atoms with van der Waals surface area (Å²) in [6.45, 7) is 4.45. The van der Waals surface area contributed by atoms with Crippen molar-refractivity contribution in [3.8, 4) is 0 Å². The molecule has 0 unspecified atom stereocenters. The standard InChI is InChI=1S/C20H25F4NO5/c1-18(2,3)30-17(27)25-11-10-15(14(21)12-25)29-16(26)19(28-4,20(22,23)24)13-8-6-5-7-9-13/h5-9,14-15H,10-12H2,1-4H3/t14-,15-,19+/m0/s1. The van der Waals surface area contributed by atoms with Gasteiger partial charge in [0.15, 0.2) is 6.17 Å². The van der Waals surface area contributed by atoms with Crippen LogP contribution in [0.5, 0.6) is 0 Å². The highest BCUT2D eigenvalue weighted by Crippen LogP contribution is 2.43. The molecule has 0 bridgehead atoms. The minimum atomic E-state index is -5.15. The molecule has 0 radical (unpaired) electrons. The Balaban J connectivity index is 2.17. The first kappa shape index (κ1) is 23.9. The van der Waals surface area contributed by atoms with E-state index in [1.54, 1.807) is 20.8 Å². The van der Waals surface area contributed by atoms with Gasteiger partial charge in [-0.05, 0) is 20.8 Å². The fourth-order valence-corrected chi connectivity index (χ4v) is 3.12. The number of piperidine rings is 1. The number of methoxy groups -OCH3 is 1. The van der Waals surface area contributed by atoms with E-state index in [2.05, 4.69) is 4.74 Å². The van der Waals surface area contributed by atoms with E-state index < -0.39 is 53.8 Å². The van der Waals surface area contributed by atoms with Crippen molar-refractivity contribution in [3.05, 3.63) is 35.9 Å². The second kappa shape index (κ2) is 8.79. The van der Waals surface area contributed by atoms with Gasteiger partial charge in [-0.2, -0.15) is 13.2 Å². The van der Waals surface area contributed by atoms with Gasteiger partial charge in [-0.25, -0.2) is 14.0 Å². The van der Waals surface area contributed by atoms with E-state index in [4.69, 9.17) is 9.47 Å². The Kier molecular flexibility index (Phi) is 7.01. The molecule has 0 N–H and O–H groups in total. The molecular formula is C20H25F4NO5. The predicted octanol–water partition coefficient (Wildman–Crippen LogP) is 3.98.